The summed E-state index contributed by atoms with van der Waals surface area (Å²) < 4.78 is 12.6. The lowest BCUT2D eigenvalue weighted by Gasteiger charge is -2.16. The van der Waals surface area contributed by atoms with Crippen LogP contribution in [-0.2, 0) is 11.3 Å². The molecule has 0 radical (unpaired) electrons. The quantitative estimate of drug-likeness (QED) is 0.313. The third-order valence-electron chi connectivity index (χ3n) is 4.88. The van der Waals surface area contributed by atoms with Gasteiger partial charge >= 0.3 is 0 Å². The first-order valence-electron chi connectivity index (χ1n) is 10.6. The molecule has 0 saturated heterocycles. The third-order valence-corrected chi connectivity index (χ3v) is 5.68. The predicted octanol–water partition coefficient (Wildman–Crippen LogP) is 6.24. The van der Waals surface area contributed by atoms with Crippen molar-refractivity contribution >= 4 is 39.9 Å². The molecule has 0 heterocycles. The Morgan fingerprint density at radius 2 is 1.75 bits per heavy atom. The van der Waals surface area contributed by atoms with Gasteiger partial charge in [0.2, 0.25) is 0 Å². The first-order chi connectivity index (χ1) is 15.4. The second-order valence-electron chi connectivity index (χ2n) is 7.72. The van der Waals surface area contributed by atoms with E-state index in [4.69, 9.17) is 9.47 Å². The van der Waals surface area contributed by atoms with Gasteiger partial charge in [0.1, 0.15) is 0 Å². The van der Waals surface area contributed by atoms with Crippen LogP contribution in [0.2, 0.25) is 0 Å². The van der Waals surface area contributed by atoms with Gasteiger partial charge in [0.15, 0.2) is 18.1 Å². The largest absolute Gasteiger partial charge is 0.490 e. The zero-order valence-corrected chi connectivity index (χ0v) is 21.1. The second kappa shape index (κ2) is 11.2. The molecule has 0 bridgehead atoms. The van der Waals surface area contributed by atoms with Crippen LogP contribution in [-0.4, -0.2) is 19.1 Å². The summed E-state index contributed by atoms with van der Waals surface area (Å²) in [6.45, 7) is 9.19. The Bertz CT molecular complexity index is 1100. The summed E-state index contributed by atoms with van der Waals surface area (Å²) in [7, 11) is 0. The monoisotopic (exact) mass is 544 g/mol. The van der Waals surface area contributed by atoms with E-state index >= 15 is 0 Å². The second-order valence-corrected chi connectivity index (χ2v) is 8.88. The van der Waals surface area contributed by atoms with Gasteiger partial charge in [-0.2, -0.15) is 0 Å². The topological polar surface area (TPSA) is 59.6 Å². The summed E-state index contributed by atoms with van der Waals surface area (Å²) in [5.41, 5.74) is 6.48. The molecule has 0 aromatic heterocycles. The van der Waals surface area contributed by atoms with Gasteiger partial charge in [-0.25, -0.2) is 0 Å². The van der Waals surface area contributed by atoms with Crippen LogP contribution in [0.15, 0.2) is 54.6 Å². The third kappa shape index (κ3) is 6.63. The summed E-state index contributed by atoms with van der Waals surface area (Å²) in [6.07, 6.45) is 0. The Hall–Kier alpha value is -2.74. The SMILES string of the molecule is CCOc1cc(CNc2ccc(C)cc2C)cc(I)c1OCC(=O)Nc1cccc(C)c1. The molecule has 6 heteroatoms. The summed E-state index contributed by atoms with van der Waals surface area (Å²) >= 11 is 2.23. The van der Waals surface area contributed by atoms with Crippen LogP contribution in [0.4, 0.5) is 11.4 Å². The van der Waals surface area contributed by atoms with Crippen LogP contribution in [0.25, 0.3) is 0 Å². The van der Waals surface area contributed by atoms with Crippen molar-refractivity contribution in [2.24, 2.45) is 0 Å². The average Bonchev–Trinajstić information content (AvgIpc) is 2.73. The van der Waals surface area contributed by atoms with Crippen molar-refractivity contribution in [3.63, 3.8) is 0 Å². The van der Waals surface area contributed by atoms with Crippen LogP contribution in [0.1, 0.15) is 29.2 Å². The molecule has 3 rings (SSSR count). The highest BCUT2D eigenvalue weighted by Crippen LogP contribution is 2.34. The van der Waals surface area contributed by atoms with E-state index in [-0.39, 0.29) is 12.5 Å². The number of benzene rings is 3. The first-order valence-corrected chi connectivity index (χ1v) is 11.7. The molecule has 3 aromatic carbocycles. The number of hydrogen-bond acceptors (Lipinski definition) is 4. The Balaban J connectivity index is 1.68. The molecule has 168 valence electrons. The number of rotatable bonds is 9. The van der Waals surface area contributed by atoms with Crippen LogP contribution < -0.4 is 20.1 Å². The van der Waals surface area contributed by atoms with Crippen LogP contribution in [0.5, 0.6) is 11.5 Å². The molecule has 1 amide bonds. The maximum atomic E-state index is 12.4. The molecule has 0 aliphatic heterocycles. The molecule has 0 aliphatic carbocycles. The lowest BCUT2D eigenvalue weighted by molar-refractivity contribution is -0.118. The number of carbonyl (C=O) groups is 1. The fourth-order valence-corrected chi connectivity index (χ4v) is 4.21. The van der Waals surface area contributed by atoms with E-state index in [9.17, 15) is 4.79 Å². The number of nitrogens with one attached hydrogen (secondary N) is 2. The number of amides is 1. The minimum absolute atomic E-state index is 0.0931. The van der Waals surface area contributed by atoms with Crippen LogP contribution >= 0.6 is 22.6 Å². The van der Waals surface area contributed by atoms with Gasteiger partial charge in [0, 0.05) is 17.9 Å². The lowest BCUT2D eigenvalue weighted by Crippen LogP contribution is -2.20. The molecule has 0 aliphatic rings. The predicted molar refractivity (Wildman–Crippen MR) is 139 cm³/mol. The van der Waals surface area contributed by atoms with Crippen molar-refractivity contribution in [2.45, 2.75) is 34.2 Å². The molecule has 0 fully saturated rings. The fourth-order valence-electron chi connectivity index (χ4n) is 3.39. The minimum Gasteiger partial charge on any atom is -0.490 e. The molecule has 0 saturated carbocycles. The summed E-state index contributed by atoms with van der Waals surface area (Å²) in [6, 6.07) is 18.1. The molecule has 2 N–H and O–H groups in total. The molecule has 32 heavy (non-hydrogen) atoms. The van der Waals surface area contributed by atoms with Crippen molar-refractivity contribution < 1.29 is 14.3 Å². The van der Waals surface area contributed by atoms with Gasteiger partial charge in [0.05, 0.1) is 10.2 Å². The molecule has 0 atom stereocenters. The van der Waals surface area contributed by atoms with Gasteiger partial charge in [-0.1, -0.05) is 29.8 Å². The van der Waals surface area contributed by atoms with Gasteiger partial charge in [-0.15, -0.1) is 0 Å². The van der Waals surface area contributed by atoms with E-state index in [0.717, 1.165) is 26.1 Å². The summed E-state index contributed by atoms with van der Waals surface area (Å²) in [5, 5.41) is 6.36. The number of halogens is 1. The molecule has 3 aromatic rings. The highest BCUT2D eigenvalue weighted by atomic mass is 127. The fraction of sp³-hybridized carbons (Fsp3) is 0.269. The van der Waals surface area contributed by atoms with Gasteiger partial charge in [-0.05, 0) is 97.3 Å². The number of carbonyl (C=O) groups excluding carboxylic acids is 1. The summed E-state index contributed by atoms with van der Waals surface area (Å²) in [5.74, 6) is 1.01. The average molecular weight is 544 g/mol. The number of hydrogen-bond donors (Lipinski definition) is 2. The zero-order chi connectivity index (χ0) is 23.1. The van der Waals surface area contributed by atoms with E-state index in [1.54, 1.807) is 0 Å². The lowest BCUT2D eigenvalue weighted by atomic mass is 10.1. The van der Waals surface area contributed by atoms with E-state index in [1.807, 2.05) is 50.2 Å². The smallest absolute Gasteiger partial charge is 0.262 e. The van der Waals surface area contributed by atoms with Crippen molar-refractivity contribution in [2.75, 3.05) is 23.8 Å². The van der Waals surface area contributed by atoms with Crippen LogP contribution in [0, 0.1) is 24.3 Å². The Morgan fingerprint density at radius 1 is 0.969 bits per heavy atom. The molecular formula is C26H29IN2O3. The number of ether oxygens (including phenoxy) is 2. The highest BCUT2D eigenvalue weighted by molar-refractivity contribution is 14.1. The minimum atomic E-state index is -0.213. The standard InChI is InChI=1S/C26H29IN2O3/c1-5-31-24-14-20(15-28-23-10-9-18(3)11-19(23)4)13-22(27)26(24)32-16-25(30)29-21-8-6-7-17(2)12-21/h6-14,28H,5,15-16H2,1-4H3,(H,29,30). The number of aryl methyl sites for hydroxylation is 3. The number of anilines is 2. The maximum Gasteiger partial charge on any atom is 0.262 e. The van der Waals surface area contributed by atoms with E-state index in [0.29, 0.717) is 24.7 Å². The Labute approximate surface area is 203 Å². The Kier molecular flexibility index (Phi) is 8.39. The van der Waals surface area contributed by atoms with Gasteiger partial charge in [0.25, 0.3) is 5.91 Å². The normalized spacial score (nSPS) is 10.5. The molecule has 0 unspecified atom stereocenters. The first kappa shape index (κ1) is 23.9. The van der Waals surface area contributed by atoms with Crippen molar-refractivity contribution in [1.82, 2.24) is 0 Å². The molecule has 0 spiro atoms. The highest BCUT2D eigenvalue weighted by Gasteiger charge is 2.14. The van der Waals surface area contributed by atoms with Crippen molar-refractivity contribution in [3.8, 4) is 11.5 Å². The van der Waals surface area contributed by atoms with E-state index in [1.165, 1.54) is 11.1 Å². The van der Waals surface area contributed by atoms with E-state index in [2.05, 4.69) is 65.3 Å². The van der Waals surface area contributed by atoms with Gasteiger partial charge in [-0.3, -0.25) is 4.79 Å². The van der Waals surface area contributed by atoms with Crippen molar-refractivity contribution in [3.05, 3.63) is 80.4 Å². The zero-order valence-electron chi connectivity index (χ0n) is 18.9. The molecule has 5 nitrogen and oxygen atoms in total. The Morgan fingerprint density at radius 3 is 2.47 bits per heavy atom. The molecular weight excluding hydrogens is 515 g/mol. The van der Waals surface area contributed by atoms with E-state index < -0.39 is 0 Å². The maximum absolute atomic E-state index is 12.4. The van der Waals surface area contributed by atoms with Gasteiger partial charge < -0.3 is 20.1 Å². The summed E-state index contributed by atoms with van der Waals surface area (Å²) in [4.78, 5) is 12.4. The van der Waals surface area contributed by atoms with Crippen molar-refractivity contribution in [1.29, 1.82) is 0 Å². The van der Waals surface area contributed by atoms with Crippen LogP contribution in [0.3, 0.4) is 0 Å².